The van der Waals surface area contributed by atoms with Gasteiger partial charge in [-0.2, -0.15) is 9.40 Å². The first kappa shape index (κ1) is 13.4. The van der Waals surface area contributed by atoms with Gasteiger partial charge in [0.05, 0.1) is 11.9 Å². The number of H-pyrrole nitrogens is 1. The van der Waals surface area contributed by atoms with Crippen molar-refractivity contribution < 1.29 is 18.3 Å². The second-order valence-corrected chi connectivity index (χ2v) is 5.25. The fraction of sp³-hybridized carbons (Fsp3) is 0.333. The monoisotopic (exact) mass is 259 g/mol. The summed E-state index contributed by atoms with van der Waals surface area (Å²) in [5, 5.41) is 14.8. The molecule has 8 heteroatoms. The summed E-state index contributed by atoms with van der Waals surface area (Å²) in [6.07, 6.45) is 2.48. The number of rotatable bonds is 6. The highest BCUT2D eigenvalue weighted by Crippen LogP contribution is 2.17. The first-order valence-electron chi connectivity index (χ1n) is 4.72. The van der Waals surface area contributed by atoms with Crippen molar-refractivity contribution in [2.45, 2.75) is 11.8 Å². The summed E-state index contributed by atoms with van der Waals surface area (Å²) in [6.45, 7) is 4.27. The number of carbonyl (C=O) groups is 1. The minimum Gasteiger partial charge on any atom is -0.480 e. The van der Waals surface area contributed by atoms with Crippen LogP contribution in [0.25, 0.3) is 0 Å². The van der Waals surface area contributed by atoms with Gasteiger partial charge in [-0.25, -0.2) is 8.42 Å². The highest BCUT2D eigenvalue weighted by atomic mass is 32.2. The Labute approximate surface area is 98.8 Å². The van der Waals surface area contributed by atoms with Crippen molar-refractivity contribution in [2.75, 3.05) is 13.1 Å². The highest BCUT2D eigenvalue weighted by molar-refractivity contribution is 7.89. The van der Waals surface area contributed by atoms with E-state index in [4.69, 9.17) is 5.11 Å². The molecule has 0 saturated heterocycles. The average molecular weight is 259 g/mol. The number of aliphatic carboxylic acids is 1. The molecule has 7 nitrogen and oxygen atoms in total. The minimum absolute atomic E-state index is 0.0272. The lowest BCUT2D eigenvalue weighted by Crippen LogP contribution is -2.35. The van der Waals surface area contributed by atoms with E-state index in [1.54, 1.807) is 6.92 Å². The number of aromatic nitrogens is 2. The van der Waals surface area contributed by atoms with Crippen molar-refractivity contribution in [2.24, 2.45) is 0 Å². The Kier molecular flexibility index (Phi) is 4.02. The molecule has 0 unspecified atom stereocenters. The minimum atomic E-state index is -3.86. The number of nitrogens with one attached hydrogen (secondary N) is 1. The van der Waals surface area contributed by atoms with Crippen LogP contribution in [0.5, 0.6) is 0 Å². The molecular formula is C9H13N3O4S. The molecule has 1 heterocycles. The van der Waals surface area contributed by atoms with Gasteiger partial charge in [-0.3, -0.25) is 9.89 Å². The second-order valence-electron chi connectivity index (χ2n) is 3.34. The van der Waals surface area contributed by atoms with Gasteiger partial charge in [0, 0.05) is 6.54 Å². The molecule has 0 aliphatic heterocycles. The lowest BCUT2D eigenvalue weighted by Gasteiger charge is -2.17. The smallest absolute Gasteiger partial charge is 0.318 e. The van der Waals surface area contributed by atoms with Crippen molar-refractivity contribution >= 4 is 16.0 Å². The van der Waals surface area contributed by atoms with E-state index < -0.39 is 22.5 Å². The molecule has 1 aromatic rings. The predicted molar refractivity (Wildman–Crippen MR) is 59.9 cm³/mol. The summed E-state index contributed by atoms with van der Waals surface area (Å²) in [6, 6.07) is 0. The summed E-state index contributed by atoms with van der Waals surface area (Å²) in [4.78, 5) is 10.6. The molecule has 17 heavy (non-hydrogen) atoms. The molecule has 0 spiro atoms. The first-order valence-corrected chi connectivity index (χ1v) is 6.16. The van der Waals surface area contributed by atoms with Gasteiger partial charge in [0.25, 0.3) is 0 Å². The van der Waals surface area contributed by atoms with E-state index in [9.17, 15) is 13.2 Å². The van der Waals surface area contributed by atoms with Gasteiger partial charge in [0.15, 0.2) is 0 Å². The van der Waals surface area contributed by atoms with Crippen molar-refractivity contribution in [1.29, 1.82) is 0 Å². The van der Waals surface area contributed by atoms with Crippen LogP contribution in [-0.2, 0) is 14.8 Å². The third kappa shape index (κ3) is 2.92. The van der Waals surface area contributed by atoms with Crippen LogP contribution in [0.15, 0.2) is 23.7 Å². The molecule has 0 radical (unpaired) electrons. The molecule has 0 atom stereocenters. The topological polar surface area (TPSA) is 103 Å². The maximum atomic E-state index is 12.1. The van der Waals surface area contributed by atoms with Crippen LogP contribution in [0.1, 0.15) is 5.69 Å². The number of nitrogens with zero attached hydrogens (tertiary/aromatic N) is 2. The van der Waals surface area contributed by atoms with Crippen LogP contribution in [0, 0.1) is 6.92 Å². The Balaban J connectivity index is 3.13. The third-order valence-corrected chi connectivity index (χ3v) is 3.97. The van der Waals surface area contributed by atoms with Crippen LogP contribution >= 0.6 is 0 Å². The van der Waals surface area contributed by atoms with Gasteiger partial charge in [0.1, 0.15) is 11.4 Å². The van der Waals surface area contributed by atoms with Gasteiger partial charge in [-0.15, -0.1) is 6.58 Å². The largest absolute Gasteiger partial charge is 0.480 e. The molecule has 0 saturated carbocycles. The highest BCUT2D eigenvalue weighted by Gasteiger charge is 2.28. The maximum absolute atomic E-state index is 12.1. The lowest BCUT2D eigenvalue weighted by molar-refractivity contribution is -0.137. The SMILES string of the molecule is C=CCN(CC(=O)O)S(=O)(=O)c1cn[nH]c1C. The Morgan fingerprint density at radius 3 is 2.76 bits per heavy atom. The Morgan fingerprint density at radius 2 is 2.35 bits per heavy atom. The van der Waals surface area contributed by atoms with Crippen LogP contribution in [0.3, 0.4) is 0 Å². The summed E-state index contributed by atoms with van der Waals surface area (Å²) >= 11 is 0. The number of hydrogen-bond donors (Lipinski definition) is 2. The first-order chi connectivity index (χ1) is 7.89. The molecule has 0 amide bonds. The normalized spacial score (nSPS) is 11.6. The third-order valence-electron chi connectivity index (χ3n) is 2.05. The number of aromatic amines is 1. The molecule has 0 aliphatic rings. The number of carboxylic acid groups (broad SMARTS) is 1. The standard InChI is InChI=1S/C9H13N3O4S/c1-3-4-12(6-9(13)14)17(15,16)8-5-10-11-7(8)2/h3,5H,1,4,6H2,2H3,(H,10,11)(H,13,14). The molecule has 2 N–H and O–H groups in total. The van der Waals surface area contributed by atoms with Gasteiger partial charge in [-0.1, -0.05) is 6.08 Å². The fourth-order valence-electron chi connectivity index (χ4n) is 1.28. The van der Waals surface area contributed by atoms with Crippen molar-refractivity contribution in [1.82, 2.24) is 14.5 Å². The van der Waals surface area contributed by atoms with Crippen LogP contribution in [0.2, 0.25) is 0 Å². The summed E-state index contributed by atoms with van der Waals surface area (Å²) < 4.78 is 25.0. The van der Waals surface area contributed by atoms with Gasteiger partial charge in [-0.05, 0) is 6.92 Å². The molecule has 1 rings (SSSR count). The Hall–Kier alpha value is -1.67. The zero-order valence-corrected chi connectivity index (χ0v) is 10.1. The summed E-state index contributed by atoms with van der Waals surface area (Å²) in [5.41, 5.74) is 0.365. The van der Waals surface area contributed by atoms with Crippen LogP contribution in [-0.4, -0.2) is 47.1 Å². The molecule has 0 aromatic carbocycles. The second kappa shape index (κ2) is 5.11. The Bertz CT molecular complexity index is 520. The average Bonchev–Trinajstić information content (AvgIpc) is 2.63. The number of hydrogen-bond acceptors (Lipinski definition) is 4. The van der Waals surface area contributed by atoms with Gasteiger partial charge >= 0.3 is 5.97 Å². The Morgan fingerprint density at radius 1 is 1.71 bits per heavy atom. The molecular weight excluding hydrogens is 246 g/mol. The molecule has 94 valence electrons. The number of sulfonamides is 1. The van der Waals surface area contributed by atoms with E-state index in [0.717, 1.165) is 10.5 Å². The number of carboxylic acids is 1. The van der Waals surface area contributed by atoms with Crippen molar-refractivity contribution in [3.8, 4) is 0 Å². The molecule has 0 aliphatic carbocycles. The summed E-state index contributed by atoms with van der Waals surface area (Å²) in [7, 11) is -3.86. The van der Waals surface area contributed by atoms with E-state index in [-0.39, 0.29) is 11.4 Å². The molecule has 0 fully saturated rings. The van der Waals surface area contributed by atoms with Crippen molar-refractivity contribution in [3.05, 3.63) is 24.5 Å². The van der Waals surface area contributed by atoms with Crippen LogP contribution < -0.4 is 0 Å². The zero-order valence-electron chi connectivity index (χ0n) is 9.25. The van der Waals surface area contributed by atoms with Gasteiger partial charge in [0.2, 0.25) is 10.0 Å². The molecule has 0 bridgehead atoms. The summed E-state index contributed by atoms with van der Waals surface area (Å²) in [5.74, 6) is -1.23. The van der Waals surface area contributed by atoms with E-state index >= 15 is 0 Å². The quantitative estimate of drug-likeness (QED) is 0.699. The number of aryl methyl sites for hydroxylation is 1. The van der Waals surface area contributed by atoms with Crippen LogP contribution in [0.4, 0.5) is 0 Å². The zero-order chi connectivity index (χ0) is 13.1. The lowest BCUT2D eigenvalue weighted by atomic mass is 10.5. The van der Waals surface area contributed by atoms with E-state index in [2.05, 4.69) is 16.8 Å². The maximum Gasteiger partial charge on any atom is 0.318 e. The predicted octanol–water partition coefficient (Wildman–Crippen LogP) is -0.0206. The van der Waals surface area contributed by atoms with E-state index in [1.807, 2.05) is 0 Å². The fourth-order valence-corrected chi connectivity index (χ4v) is 2.76. The molecule has 1 aromatic heterocycles. The van der Waals surface area contributed by atoms with E-state index in [0.29, 0.717) is 5.69 Å². The van der Waals surface area contributed by atoms with E-state index in [1.165, 1.54) is 6.08 Å². The van der Waals surface area contributed by atoms with Gasteiger partial charge < -0.3 is 5.11 Å². The van der Waals surface area contributed by atoms with Crippen molar-refractivity contribution in [3.63, 3.8) is 0 Å².